The summed E-state index contributed by atoms with van der Waals surface area (Å²) in [6, 6.07) is 3.18. The van der Waals surface area contributed by atoms with Crippen LogP contribution in [0.15, 0.2) is 23.3 Å². The molecule has 6 atom stereocenters. The van der Waals surface area contributed by atoms with E-state index in [9.17, 15) is 39.9 Å². The number of nitrogens with two attached hydrogens (primary N) is 1. The Morgan fingerprint density at radius 1 is 1.11 bits per heavy atom. The van der Waals surface area contributed by atoms with Gasteiger partial charge in [0.25, 0.3) is 0 Å². The summed E-state index contributed by atoms with van der Waals surface area (Å²) >= 11 is 0. The van der Waals surface area contributed by atoms with Crippen molar-refractivity contribution < 1.29 is 54.1 Å². The minimum Gasteiger partial charge on any atom is -0.507 e. The Bertz CT molecular complexity index is 1600. The van der Waals surface area contributed by atoms with Crippen molar-refractivity contribution in [3.8, 4) is 17.2 Å². The molecule has 0 saturated carbocycles. The first-order valence-corrected chi connectivity index (χ1v) is 14.5. The molecule has 2 aromatic carbocycles. The monoisotopic (exact) mass is 627 g/mol. The molecule has 5 rings (SSSR count). The molecule has 2 unspecified atom stereocenters. The summed E-state index contributed by atoms with van der Waals surface area (Å²) in [7, 11) is 0. The van der Waals surface area contributed by atoms with Crippen molar-refractivity contribution in [1.29, 1.82) is 0 Å². The molecule has 2 aliphatic carbocycles. The number of nitrogens with one attached hydrogen (secondary N) is 1. The van der Waals surface area contributed by atoms with Gasteiger partial charge in [-0.2, -0.15) is 5.10 Å². The first kappa shape index (κ1) is 32.3. The van der Waals surface area contributed by atoms with E-state index in [2.05, 4.69) is 10.5 Å². The summed E-state index contributed by atoms with van der Waals surface area (Å²) < 4.78 is 17.2. The number of aliphatic hydroxyl groups excluding tert-OH is 1. The third kappa shape index (κ3) is 5.75. The highest BCUT2D eigenvalue weighted by Gasteiger charge is 2.49. The Balaban J connectivity index is 1.62. The summed E-state index contributed by atoms with van der Waals surface area (Å²) in [5.41, 5.74) is 3.85. The summed E-state index contributed by atoms with van der Waals surface area (Å²) in [5, 5.41) is 59.8. The first-order chi connectivity index (χ1) is 20.9. The molecule has 0 bridgehead atoms. The maximum atomic E-state index is 13.6. The Morgan fingerprint density at radius 2 is 1.78 bits per heavy atom. The van der Waals surface area contributed by atoms with E-state index in [-0.39, 0.29) is 40.8 Å². The van der Waals surface area contributed by atoms with Gasteiger partial charge >= 0.3 is 6.09 Å². The number of fused-ring (bicyclic) bond motifs is 3. The number of aliphatic hydroxyl groups is 2. The normalized spacial score (nSPS) is 28.2. The number of rotatable bonds is 4. The van der Waals surface area contributed by atoms with Gasteiger partial charge in [0.15, 0.2) is 12.1 Å². The van der Waals surface area contributed by atoms with Gasteiger partial charge in [0, 0.05) is 42.0 Å². The fourth-order valence-corrected chi connectivity index (χ4v) is 6.04. The van der Waals surface area contributed by atoms with E-state index in [0.717, 1.165) is 0 Å². The van der Waals surface area contributed by atoms with Gasteiger partial charge in [-0.05, 0) is 40.7 Å². The van der Waals surface area contributed by atoms with Crippen molar-refractivity contribution in [1.82, 2.24) is 5.43 Å². The lowest BCUT2D eigenvalue weighted by atomic mass is 9.72. The third-order valence-corrected chi connectivity index (χ3v) is 8.33. The fraction of sp³-hybridized carbons (Fsp3) is 0.484. The summed E-state index contributed by atoms with van der Waals surface area (Å²) in [4.78, 5) is 39.5. The van der Waals surface area contributed by atoms with Crippen LogP contribution in [0, 0.1) is 0 Å². The van der Waals surface area contributed by atoms with E-state index < -0.39 is 94.3 Å². The van der Waals surface area contributed by atoms with Crippen molar-refractivity contribution in [2.75, 3.05) is 0 Å². The van der Waals surface area contributed by atoms with Crippen LogP contribution in [0.5, 0.6) is 17.2 Å². The maximum absolute atomic E-state index is 13.6. The molecular formula is C31H37N3O11. The highest BCUT2D eigenvalue weighted by atomic mass is 16.7. The number of ether oxygens (including phenoxy) is 3. The van der Waals surface area contributed by atoms with Gasteiger partial charge in [0.1, 0.15) is 28.5 Å². The standard InChI is InChI=1S/C31H37N3O11/c1-12-24(36)16(32)9-19(43-12)44-18-11-31(42,13(2)33-34-29(41)45-30(3,4)5)10-15-21(18)28(40)23-22(26(15)38)25(37)14-7-6-8-17(35)20(14)27(23)39/h6-8,12,16,18-19,24,35-36,38,40,42H,9-11,32H2,1-5H3,(H,34,41)/b33-13-/t12-,16-,18?,19-,24+,31?/m0/s1. The predicted molar refractivity (Wildman–Crippen MR) is 157 cm³/mol. The van der Waals surface area contributed by atoms with E-state index in [4.69, 9.17) is 19.9 Å². The maximum Gasteiger partial charge on any atom is 0.428 e. The smallest absolute Gasteiger partial charge is 0.428 e. The van der Waals surface area contributed by atoms with E-state index in [1.807, 2.05) is 0 Å². The number of amides is 1. The van der Waals surface area contributed by atoms with Gasteiger partial charge < -0.3 is 45.5 Å². The number of carbonyl (C=O) groups excluding carboxylic acids is 3. The van der Waals surface area contributed by atoms with Gasteiger partial charge in [0.05, 0.1) is 40.7 Å². The SMILES string of the molecule is C/C(=N/NC(=O)OC(C)(C)C)C1(O)Cc2c(O)c3c(c(O)c2C(O[C@H]2C[C@H](N)[C@H](O)[C@H](C)O2)C1)C(=O)c1c(O)cccc1C3=O. The second-order valence-corrected chi connectivity index (χ2v) is 12.7. The van der Waals surface area contributed by atoms with Crippen molar-refractivity contribution in [3.63, 3.8) is 0 Å². The Morgan fingerprint density at radius 3 is 2.42 bits per heavy atom. The largest absolute Gasteiger partial charge is 0.507 e. The second kappa shape index (κ2) is 11.4. The zero-order valence-electron chi connectivity index (χ0n) is 25.5. The minimum absolute atomic E-state index is 0.0213. The van der Waals surface area contributed by atoms with Crippen LogP contribution in [-0.4, -0.2) is 84.6 Å². The summed E-state index contributed by atoms with van der Waals surface area (Å²) in [5.74, 6) is -3.53. The van der Waals surface area contributed by atoms with E-state index in [0.29, 0.717) is 0 Å². The van der Waals surface area contributed by atoms with Crippen molar-refractivity contribution in [3.05, 3.63) is 51.6 Å². The summed E-state index contributed by atoms with van der Waals surface area (Å²) in [6.07, 6.45) is -5.61. The van der Waals surface area contributed by atoms with Gasteiger partial charge in [-0.3, -0.25) is 9.59 Å². The molecule has 1 saturated heterocycles. The van der Waals surface area contributed by atoms with E-state index >= 15 is 0 Å². The van der Waals surface area contributed by atoms with Crippen molar-refractivity contribution in [2.24, 2.45) is 10.8 Å². The number of phenols is 3. The predicted octanol–water partition coefficient (Wildman–Crippen LogP) is 2.04. The molecule has 1 aliphatic heterocycles. The van der Waals surface area contributed by atoms with Crippen LogP contribution in [0.4, 0.5) is 4.79 Å². The van der Waals surface area contributed by atoms with Crippen LogP contribution in [0.1, 0.15) is 96.5 Å². The lowest BCUT2D eigenvalue weighted by Crippen LogP contribution is -2.52. The number of carbonyl (C=O) groups is 3. The van der Waals surface area contributed by atoms with E-state index in [1.165, 1.54) is 25.1 Å². The number of aromatic hydroxyl groups is 3. The number of benzene rings is 2. The molecule has 14 nitrogen and oxygen atoms in total. The number of nitrogens with zero attached hydrogens (tertiary/aromatic N) is 1. The molecule has 3 aliphatic rings. The van der Waals surface area contributed by atoms with Crippen LogP contribution in [-0.2, 0) is 20.6 Å². The summed E-state index contributed by atoms with van der Waals surface area (Å²) in [6.45, 7) is 8.01. The van der Waals surface area contributed by atoms with E-state index in [1.54, 1.807) is 27.7 Å². The van der Waals surface area contributed by atoms with Crippen LogP contribution in [0.3, 0.4) is 0 Å². The average Bonchev–Trinajstić information content (AvgIpc) is 2.93. The third-order valence-electron chi connectivity index (χ3n) is 8.33. The molecule has 0 aromatic heterocycles. The Kier molecular flexibility index (Phi) is 8.17. The van der Waals surface area contributed by atoms with Gasteiger partial charge in [-0.25, -0.2) is 10.2 Å². The highest BCUT2D eigenvalue weighted by Crippen LogP contribution is 2.52. The molecule has 2 aromatic rings. The topological polar surface area (TPSA) is 230 Å². The number of hydrazone groups is 1. The van der Waals surface area contributed by atoms with Crippen molar-refractivity contribution >= 4 is 23.4 Å². The molecule has 1 heterocycles. The van der Waals surface area contributed by atoms with Crippen LogP contribution in [0.25, 0.3) is 0 Å². The molecular weight excluding hydrogens is 590 g/mol. The number of phenolic OH excluding ortho intramolecular Hbond substituents is 3. The van der Waals surface area contributed by atoms with Gasteiger partial charge in [-0.1, -0.05) is 12.1 Å². The second-order valence-electron chi connectivity index (χ2n) is 12.7. The number of hydrogen-bond donors (Lipinski definition) is 7. The minimum atomic E-state index is -1.93. The number of ketones is 2. The Hall–Kier alpha value is -4.08. The molecule has 1 amide bonds. The average molecular weight is 628 g/mol. The zero-order chi connectivity index (χ0) is 33.2. The van der Waals surface area contributed by atoms with Crippen LogP contribution >= 0.6 is 0 Å². The lowest BCUT2D eigenvalue weighted by Gasteiger charge is -2.42. The molecule has 0 spiro atoms. The van der Waals surface area contributed by atoms with Crippen LogP contribution < -0.4 is 11.2 Å². The quantitative estimate of drug-likeness (QED) is 0.125. The molecule has 8 N–H and O–H groups in total. The first-order valence-electron chi connectivity index (χ1n) is 14.5. The molecule has 0 radical (unpaired) electrons. The lowest BCUT2D eigenvalue weighted by molar-refractivity contribution is -0.245. The van der Waals surface area contributed by atoms with Gasteiger partial charge in [-0.15, -0.1) is 0 Å². The highest BCUT2D eigenvalue weighted by molar-refractivity contribution is 6.31. The van der Waals surface area contributed by atoms with Crippen molar-refractivity contribution in [2.45, 2.75) is 95.7 Å². The number of hydrogen-bond acceptors (Lipinski definition) is 13. The molecule has 14 heteroatoms. The van der Waals surface area contributed by atoms with Gasteiger partial charge in [0.2, 0.25) is 5.78 Å². The molecule has 242 valence electrons. The fourth-order valence-electron chi connectivity index (χ4n) is 6.04. The van der Waals surface area contributed by atoms with Crippen LogP contribution in [0.2, 0.25) is 0 Å². The molecule has 1 fully saturated rings. The zero-order valence-corrected chi connectivity index (χ0v) is 25.5. The molecule has 45 heavy (non-hydrogen) atoms. The Labute approximate surface area is 258 Å².